The molecule has 0 saturated heterocycles. The molecule has 2 aromatic heterocycles. The summed E-state index contributed by atoms with van der Waals surface area (Å²) < 4.78 is 3.43. The molecular formula is C14H15N5S. The SMILES string of the molecule is Cc1nnc2n1CC(Nc1nc3ccccc3s1)CC2. The Kier molecular flexibility index (Phi) is 2.70. The third-order valence-corrected chi connectivity index (χ3v) is 4.72. The third kappa shape index (κ3) is 1.96. The van der Waals surface area contributed by atoms with Gasteiger partial charge in [-0.25, -0.2) is 4.98 Å². The number of aryl methyl sites for hydroxylation is 2. The first-order chi connectivity index (χ1) is 9.79. The number of thiazole rings is 1. The lowest BCUT2D eigenvalue weighted by Gasteiger charge is -2.24. The largest absolute Gasteiger partial charge is 0.357 e. The second-order valence-electron chi connectivity index (χ2n) is 5.14. The normalized spacial score (nSPS) is 18.1. The number of fused-ring (bicyclic) bond motifs is 2. The summed E-state index contributed by atoms with van der Waals surface area (Å²) >= 11 is 1.72. The molecule has 0 amide bonds. The fourth-order valence-electron chi connectivity index (χ4n) is 2.69. The van der Waals surface area contributed by atoms with E-state index in [4.69, 9.17) is 0 Å². The Labute approximate surface area is 120 Å². The lowest BCUT2D eigenvalue weighted by Crippen LogP contribution is -2.31. The van der Waals surface area contributed by atoms with Gasteiger partial charge in [-0.1, -0.05) is 23.5 Å². The Balaban J connectivity index is 1.56. The third-order valence-electron chi connectivity index (χ3n) is 3.75. The van der Waals surface area contributed by atoms with Crippen LogP contribution in [0.4, 0.5) is 5.13 Å². The molecular weight excluding hydrogens is 270 g/mol. The van der Waals surface area contributed by atoms with Crippen LogP contribution in [-0.2, 0) is 13.0 Å². The Morgan fingerprint density at radius 2 is 2.20 bits per heavy atom. The Morgan fingerprint density at radius 1 is 1.30 bits per heavy atom. The monoisotopic (exact) mass is 285 g/mol. The van der Waals surface area contributed by atoms with Crippen LogP contribution in [0.1, 0.15) is 18.1 Å². The lowest BCUT2D eigenvalue weighted by atomic mass is 10.1. The quantitative estimate of drug-likeness (QED) is 0.786. The van der Waals surface area contributed by atoms with Gasteiger partial charge in [-0.15, -0.1) is 10.2 Å². The van der Waals surface area contributed by atoms with E-state index in [1.165, 1.54) is 4.70 Å². The van der Waals surface area contributed by atoms with Crippen LogP contribution in [-0.4, -0.2) is 25.8 Å². The summed E-state index contributed by atoms with van der Waals surface area (Å²) in [7, 11) is 0. The summed E-state index contributed by atoms with van der Waals surface area (Å²) in [5.41, 5.74) is 1.07. The number of hydrogen-bond donors (Lipinski definition) is 1. The van der Waals surface area contributed by atoms with E-state index in [0.717, 1.165) is 41.7 Å². The lowest BCUT2D eigenvalue weighted by molar-refractivity contribution is 0.470. The molecule has 5 nitrogen and oxygen atoms in total. The zero-order valence-electron chi connectivity index (χ0n) is 11.2. The molecule has 102 valence electrons. The standard InChI is InChI=1S/C14H15N5S/c1-9-17-18-13-7-6-10(8-19(9)13)15-14-16-11-4-2-3-5-12(11)20-14/h2-5,10H,6-8H2,1H3,(H,15,16). The van der Waals surface area contributed by atoms with Gasteiger partial charge in [-0.05, 0) is 25.5 Å². The maximum Gasteiger partial charge on any atom is 0.184 e. The van der Waals surface area contributed by atoms with E-state index < -0.39 is 0 Å². The van der Waals surface area contributed by atoms with Crippen molar-refractivity contribution in [3.05, 3.63) is 35.9 Å². The van der Waals surface area contributed by atoms with Gasteiger partial charge in [0.25, 0.3) is 0 Å². The van der Waals surface area contributed by atoms with E-state index in [1.54, 1.807) is 11.3 Å². The average molecular weight is 285 g/mol. The van der Waals surface area contributed by atoms with Gasteiger partial charge in [-0.2, -0.15) is 0 Å². The van der Waals surface area contributed by atoms with Gasteiger partial charge in [0.2, 0.25) is 0 Å². The number of rotatable bonds is 2. The van der Waals surface area contributed by atoms with Crippen molar-refractivity contribution in [2.24, 2.45) is 0 Å². The predicted octanol–water partition coefficient (Wildman–Crippen LogP) is 2.62. The number of aromatic nitrogens is 4. The van der Waals surface area contributed by atoms with Gasteiger partial charge in [-0.3, -0.25) is 0 Å². The van der Waals surface area contributed by atoms with Crippen LogP contribution in [0.5, 0.6) is 0 Å². The maximum absolute atomic E-state index is 4.64. The van der Waals surface area contributed by atoms with Crippen molar-refractivity contribution in [1.82, 2.24) is 19.7 Å². The minimum atomic E-state index is 0.401. The molecule has 1 unspecified atom stereocenters. The van der Waals surface area contributed by atoms with Crippen molar-refractivity contribution < 1.29 is 0 Å². The molecule has 0 spiro atoms. The Morgan fingerprint density at radius 3 is 3.10 bits per heavy atom. The van der Waals surface area contributed by atoms with Crippen LogP contribution < -0.4 is 5.32 Å². The minimum absolute atomic E-state index is 0.401. The highest BCUT2D eigenvalue weighted by atomic mass is 32.1. The van der Waals surface area contributed by atoms with Gasteiger partial charge in [0.05, 0.1) is 10.2 Å². The van der Waals surface area contributed by atoms with Crippen molar-refractivity contribution >= 4 is 26.7 Å². The highest BCUT2D eigenvalue weighted by Crippen LogP contribution is 2.27. The molecule has 0 bridgehead atoms. The molecule has 1 aliphatic heterocycles. The van der Waals surface area contributed by atoms with Crippen LogP contribution in [0.3, 0.4) is 0 Å². The number of benzene rings is 1. The summed E-state index contributed by atoms with van der Waals surface area (Å²) in [5.74, 6) is 2.10. The molecule has 0 fully saturated rings. The van der Waals surface area contributed by atoms with E-state index in [0.29, 0.717) is 6.04 Å². The smallest absolute Gasteiger partial charge is 0.184 e. The van der Waals surface area contributed by atoms with Crippen molar-refractivity contribution in [2.45, 2.75) is 32.4 Å². The molecule has 3 heterocycles. The van der Waals surface area contributed by atoms with Crippen LogP contribution >= 0.6 is 11.3 Å². The first-order valence-corrected chi connectivity index (χ1v) is 7.62. The Bertz CT molecular complexity index is 727. The van der Waals surface area contributed by atoms with Crippen LogP contribution in [0.25, 0.3) is 10.2 Å². The van der Waals surface area contributed by atoms with Crippen LogP contribution in [0.15, 0.2) is 24.3 Å². The predicted molar refractivity (Wildman–Crippen MR) is 80.1 cm³/mol. The maximum atomic E-state index is 4.64. The number of anilines is 1. The second kappa shape index (κ2) is 4.56. The van der Waals surface area contributed by atoms with E-state index in [1.807, 2.05) is 13.0 Å². The first-order valence-electron chi connectivity index (χ1n) is 6.80. The zero-order valence-corrected chi connectivity index (χ0v) is 12.0. The molecule has 6 heteroatoms. The van der Waals surface area contributed by atoms with Crippen molar-refractivity contribution in [1.29, 1.82) is 0 Å². The van der Waals surface area contributed by atoms with Gasteiger partial charge in [0.1, 0.15) is 11.6 Å². The molecule has 1 N–H and O–H groups in total. The second-order valence-corrected chi connectivity index (χ2v) is 6.17. The Hall–Kier alpha value is -1.95. The molecule has 0 saturated carbocycles. The number of hydrogen-bond acceptors (Lipinski definition) is 5. The molecule has 20 heavy (non-hydrogen) atoms. The average Bonchev–Trinajstić information content (AvgIpc) is 3.02. The number of nitrogens with zero attached hydrogens (tertiary/aromatic N) is 4. The van der Waals surface area contributed by atoms with Crippen LogP contribution in [0, 0.1) is 6.92 Å². The highest BCUT2D eigenvalue weighted by Gasteiger charge is 2.22. The van der Waals surface area contributed by atoms with E-state index in [2.05, 4.69) is 43.3 Å². The minimum Gasteiger partial charge on any atom is -0.357 e. The van der Waals surface area contributed by atoms with E-state index in [9.17, 15) is 0 Å². The van der Waals surface area contributed by atoms with Gasteiger partial charge < -0.3 is 9.88 Å². The highest BCUT2D eigenvalue weighted by molar-refractivity contribution is 7.22. The van der Waals surface area contributed by atoms with Crippen molar-refractivity contribution in [2.75, 3.05) is 5.32 Å². The summed E-state index contributed by atoms with van der Waals surface area (Å²) in [6.07, 6.45) is 2.05. The number of para-hydroxylation sites is 1. The summed E-state index contributed by atoms with van der Waals surface area (Å²) in [6.45, 7) is 2.93. The molecule has 1 aliphatic rings. The topological polar surface area (TPSA) is 55.6 Å². The molecule has 3 aromatic rings. The zero-order chi connectivity index (χ0) is 13.5. The summed E-state index contributed by atoms with van der Waals surface area (Å²) in [5, 5.41) is 12.9. The molecule has 0 aliphatic carbocycles. The molecule has 0 radical (unpaired) electrons. The first kappa shape index (κ1) is 11.8. The number of nitrogens with one attached hydrogen (secondary N) is 1. The van der Waals surface area contributed by atoms with E-state index >= 15 is 0 Å². The van der Waals surface area contributed by atoms with Gasteiger partial charge in [0.15, 0.2) is 5.13 Å². The van der Waals surface area contributed by atoms with Crippen LogP contribution in [0.2, 0.25) is 0 Å². The van der Waals surface area contributed by atoms with Gasteiger partial charge >= 0.3 is 0 Å². The fraction of sp³-hybridized carbons (Fsp3) is 0.357. The fourth-order valence-corrected chi connectivity index (χ4v) is 3.63. The van der Waals surface area contributed by atoms with Crippen molar-refractivity contribution in [3.8, 4) is 0 Å². The summed E-state index contributed by atoms with van der Waals surface area (Å²) in [6, 6.07) is 8.65. The van der Waals surface area contributed by atoms with Crippen molar-refractivity contribution in [3.63, 3.8) is 0 Å². The van der Waals surface area contributed by atoms with Gasteiger partial charge in [0, 0.05) is 19.0 Å². The van der Waals surface area contributed by atoms with E-state index in [-0.39, 0.29) is 0 Å². The molecule has 1 aromatic carbocycles. The summed E-state index contributed by atoms with van der Waals surface area (Å²) in [4.78, 5) is 4.64. The molecule has 1 atom stereocenters. The molecule has 4 rings (SSSR count).